The number of aromatic nitrogens is 1. The molecule has 0 bridgehead atoms. The van der Waals surface area contributed by atoms with Gasteiger partial charge in [0.15, 0.2) is 5.58 Å². The second-order valence-electron chi connectivity index (χ2n) is 7.81. The zero-order valence-electron chi connectivity index (χ0n) is 15.4. The molecule has 1 saturated heterocycles. The normalized spacial score (nSPS) is 22.5. The molecule has 0 spiro atoms. The second-order valence-corrected chi connectivity index (χ2v) is 7.81. The summed E-state index contributed by atoms with van der Waals surface area (Å²) in [5.74, 6) is 0. The van der Waals surface area contributed by atoms with Gasteiger partial charge in [0.25, 0.3) is 6.01 Å². The fraction of sp³-hybridized carbons (Fsp3) is 0.579. The lowest BCUT2D eigenvalue weighted by Crippen LogP contribution is -2.43. The quantitative estimate of drug-likeness (QED) is 0.879. The predicted molar refractivity (Wildman–Crippen MR) is 101 cm³/mol. The van der Waals surface area contributed by atoms with Crippen molar-refractivity contribution in [3.63, 3.8) is 0 Å². The number of morpholine rings is 1. The SMILES string of the molecule is CC1(C)CCCC1NC(=O)Nc1ccc2nc(N3CCOCC3)oc2c1. The third-order valence-corrected chi connectivity index (χ3v) is 5.48. The lowest BCUT2D eigenvalue weighted by atomic mass is 9.87. The van der Waals surface area contributed by atoms with Gasteiger partial charge < -0.3 is 24.7 Å². The van der Waals surface area contributed by atoms with E-state index >= 15 is 0 Å². The first-order chi connectivity index (χ1) is 12.5. The minimum Gasteiger partial charge on any atom is -0.423 e. The van der Waals surface area contributed by atoms with Gasteiger partial charge in [0.2, 0.25) is 0 Å². The number of carbonyl (C=O) groups is 1. The van der Waals surface area contributed by atoms with Crippen LogP contribution in [0.5, 0.6) is 0 Å². The molecular formula is C19H26N4O3. The number of nitrogens with zero attached hydrogens (tertiary/aromatic N) is 2. The van der Waals surface area contributed by atoms with Crippen molar-refractivity contribution >= 4 is 28.8 Å². The molecule has 2 fully saturated rings. The van der Waals surface area contributed by atoms with Gasteiger partial charge in [-0.1, -0.05) is 20.3 Å². The molecule has 1 aliphatic carbocycles. The van der Waals surface area contributed by atoms with Gasteiger partial charge in [-0.2, -0.15) is 4.98 Å². The van der Waals surface area contributed by atoms with Gasteiger partial charge in [-0.25, -0.2) is 4.79 Å². The Balaban J connectivity index is 1.44. The number of rotatable bonds is 3. The van der Waals surface area contributed by atoms with Gasteiger partial charge in [0.1, 0.15) is 5.52 Å². The number of benzene rings is 1. The summed E-state index contributed by atoms with van der Waals surface area (Å²) >= 11 is 0. The van der Waals surface area contributed by atoms with Crippen molar-refractivity contribution in [1.82, 2.24) is 10.3 Å². The Morgan fingerprint density at radius 1 is 1.31 bits per heavy atom. The molecule has 1 aliphatic heterocycles. The van der Waals surface area contributed by atoms with Gasteiger partial charge in [-0.05, 0) is 30.4 Å². The summed E-state index contributed by atoms with van der Waals surface area (Å²) < 4.78 is 11.2. The summed E-state index contributed by atoms with van der Waals surface area (Å²) in [5, 5.41) is 6.02. The molecule has 1 saturated carbocycles. The maximum atomic E-state index is 12.4. The molecule has 2 amide bonds. The Bertz CT molecular complexity index is 795. The number of fused-ring (bicyclic) bond motifs is 1. The number of hydrogen-bond donors (Lipinski definition) is 2. The van der Waals surface area contributed by atoms with Crippen LogP contribution in [-0.4, -0.2) is 43.4 Å². The molecule has 2 N–H and O–H groups in total. The molecule has 7 heteroatoms. The highest BCUT2D eigenvalue weighted by molar-refractivity contribution is 5.92. The maximum Gasteiger partial charge on any atom is 0.319 e. The van der Waals surface area contributed by atoms with Crippen LogP contribution < -0.4 is 15.5 Å². The van der Waals surface area contributed by atoms with Gasteiger partial charge in [0.05, 0.1) is 13.2 Å². The van der Waals surface area contributed by atoms with E-state index in [9.17, 15) is 4.79 Å². The van der Waals surface area contributed by atoms with Crippen molar-refractivity contribution in [2.24, 2.45) is 5.41 Å². The van der Waals surface area contributed by atoms with Crippen molar-refractivity contribution in [3.05, 3.63) is 18.2 Å². The third kappa shape index (κ3) is 3.49. The van der Waals surface area contributed by atoms with E-state index in [1.54, 1.807) is 0 Å². The molecule has 1 aromatic heterocycles. The first-order valence-corrected chi connectivity index (χ1v) is 9.32. The van der Waals surface area contributed by atoms with Crippen molar-refractivity contribution in [2.45, 2.75) is 39.2 Å². The van der Waals surface area contributed by atoms with Crippen molar-refractivity contribution in [3.8, 4) is 0 Å². The zero-order chi connectivity index (χ0) is 18.1. The molecule has 1 atom stereocenters. The van der Waals surface area contributed by atoms with Gasteiger partial charge in [0, 0.05) is 30.9 Å². The molecule has 4 rings (SSSR count). The summed E-state index contributed by atoms with van der Waals surface area (Å²) in [6, 6.07) is 6.20. The van der Waals surface area contributed by atoms with E-state index in [0.717, 1.165) is 37.9 Å². The Labute approximate surface area is 153 Å². The van der Waals surface area contributed by atoms with Gasteiger partial charge >= 0.3 is 6.03 Å². The second kappa shape index (κ2) is 6.79. The van der Waals surface area contributed by atoms with Crippen LogP contribution in [-0.2, 0) is 4.74 Å². The number of carbonyl (C=O) groups excluding carboxylic acids is 1. The fourth-order valence-electron chi connectivity index (χ4n) is 3.80. The molecule has 2 aromatic rings. The van der Waals surface area contributed by atoms with Crippen LogP contribution in [0.25, 0.3) is 11.1 Å². The monoisotopic (exact) mass is 358 g/mol. The zero-order valence-corrected chi connectivity index (χ0v) is 15.4. The smallest absolute Gasteiger partial charge is 0.319 e. The van der Waals surface area contributed by atoms with Crippen molar-refractivity contribution < 1.29 is 13.9 Å². The number of amides is 2. The van der Waals surface area contributed by atoms with E-state index in [2.05, 4.69) is 34.4 Å². The van der Waals surface area contributed by atoms with Crippen molar-refractivity contribution in [2.75, 3.05) is 36.5 Å². The lowest BCUT2D eigenvalue weighted by Gasteiger charge is -2.27. The lowest BCUT2D eigenvalue weighted by molar-refractivity contribution is 0.120. The Kier molecular flexibility index (Phi) is 4.48. The van der Waals surface area contributed by atoms with Crippen LogP contribution in [0.2, 0.25) is 0 Å². The largest absolute Gasteiger partial charge is 0.423 e. The molecule has 1 aromatic carbocycles. The molecule has 2 aliphatic rings. The molecule has 2 heterocycles. The van der Waals surface area contributed by atoms with Crippen LogP contribution in [0, 0.1) is 5.41 Å². The maximum absolute atomic E-state index is 12.4. The summed E-state index contributed by atoms with van der Waals surface area (Å²) in [6.45, 7) is 7.33. The van der Waals surface area contributed by atoms with E-state index in [0.29, 0.717) is 30.5 Å². The van der Waals surface area contributed by atoms with Crippen LogP contribution in [0.1, 0.15) is 33.1 Å². The summed E-state index contributed by atoms with van der Waals surface area (Å²) in [7, 11) is 0. The molecule has 140 valence electrons. The number of nitrogens with one attached hydrogen (secondary N) is 2. The summed E-state index contributed by atoms with van der Waals surface area (Å²) in [6.07, 6.45) is 3.34. The average Bonchev–Trinajstić information content (AvgIpc) is 3.18. The molecular weight excluding hydrogens is 332 g/mol. The van der Waals surface area contributed by atoms with E-state index < -0.39 is 0 Å². The molecule has 26 heavy (non-hydrogen) atoms. The first kappa shape index (κ1) is 17.1. The van der Waals surface area contributed by atoms with Crippen LogP contribution in [0.15, 0.2) is 22.6 Å². The van der Waals surface area contributed by atoms with Crippen LogP contribution in [0.4, 0.5) is 16.5 Å². The number of oxazole rings is 1. The average molecular weight is 358 g/mol. The topological polar surface area (TPSA) is 79.6 Å². The van der Waals surface area contributed by atoms with Crippen molar-refractivity contribution in [1.29, 1.82) is 0 Å². The van der Waals surface area contributed by atoms with Crippen LogP contribution >= 0.6 is 0 Å². The minimum absolute atomic E-state index is 0.152. The third-order valence-electron chi connectivity index (χ3n) is 5.48. The Morgan fingerprint density at radius 2 is 2.12 bits per heavy atom. The number of hydrogen-bond acceptors (Lipinski definition) is 5. The number of urea groups is 1. The van der Waals surface area contributed by atoms with E-state index in [1.165, 1.54) is 0 Å². The first-order valence-electron chi connectivity index (χ1n) is 9.32. The highest BCUT2D eigenvalue weighted by Gasteiger charge is 2.35. The highest BCUT2D eigenvalue weighted by Crippen LogP contribution is 2.37. The standard InChI is InChI=1S/C19H26N4O3/c1-19(2)7-3-4-16(19)22-17(24)20-13-5-6-14-15(12-13)26-18(21-14)23-8-10-25-11-9-23/h5-6,12,16H,3-4,7-11H2,1-2H3,(H2,20,22,24). The minimum atomic E-state index is -0.169. The predicted octanol–water partition coefficient (Wildman–Crippen LogP) is 3.36. The Morgan fingerprint density at radius 3 is 2.85 bits per heavy atom. The van der Waals surface area contributed by atoms with Gasteiger partial charge in [-0.3, -0.25) is 0 Å². The molecule has 1 unspecified atom stereocenters. The summed E-state index contributed by atoms with van der Waals surface area (Å²) in [5.41, 5.74) is 2.31. The van der Waals surface area contributed by atoms with Gasteiger partial charge in [-0.15, -0.1) is 0 Å². The van der Waals surface area contributed by atoms with Crippen LogP contribution in [0.3, 0.4) is 0 Å². The van der Waals surface area contributed by atoms with E-state index in [4.69, 9.17) is 9.15 Å². The number of ether oxygens (including phenoxy) is 1. The molecule has 0 radical (unpaired) electrons. The fourth-order valence-corrected chi connectivity index (χ4v) is 3.80. The Hall–Kier alpha value is -2.28. The van der Waals surface area contributed by atoms with E-state index in [1.807, 2.05) is 18.2 Å². The van der Waals surface area contributed by atoms with E-state index in [-0.39, 0.29) is 17.5 Å². The molecule has 7 nitrogen and oxygen atoms in total. The highest BCUT2D eigenvalue weighted by atomic mass is 16.5. The summed E-state index contributed by atoms with van der Waals surface area (Å²) in [4.78, 5) is 19.0. The number of anilines is 2.